The van der Waals surface area contributed by atoms with Crippen LogP contribution in [0.1, 0.15) is 18.5 Å². The van der Waals surface area contributed by atoms with Crippen molar-refractivity contribution in [3.05, 3.63) is 34.6 Å². The van der Waals surface area contributed by atoms with Crippen molar-refractivity contribution < 1.29 is 9.13 Å². The Morgan fingerprint density at radius 2 is 2.33 bits per heavy atom. The van der Waals surface area contributed by atoms with Gasteiger partial charge in [0.1, 0.15) is 5.82 Å². The summed E-state index contributed by atoms with van der Waals surface area (Å²) in [5.41, 5.74) is 6.30. The third-order valence-electron chi connectivity index (χ3n) is 3.37. The summed E-state index contributed by atoms with van der Waals surface area (Å²) in [5, 5.41) is 0.531. The third kappa shape index (κ3) is 2.67. The van der Waals surface area contributed by atoms with Gasteiger partial charge in [0.05, 0.1) is 18.8 Å². The van der Waals surface area contributed by atoms with E-state index >= 15 is 0 Å². The molecule has 0 aliphatic carbocycles. The summed E-state index contributed by atoms with van der Waals surface area (Å²) < 4.78 is 19.6. The molecule has 5 heteroatoms. The standard InChI is InChI=1S/C13H18ClFN2O/c1-2-17-5-6-18-12(8-16)13(17)10-7-9(14)3-4-11(10)15/h3-4,7,12-13H,2,5-6,8,16H2,1H3. The van der Waals surface area contributed by atoms with E-state index in [0.29, 0.717) is 23.7 Å². The largest absolute Gasteiger partial charge is 0.374 e. The zero-order chi connectivity index (χ0) is 13.1. The third-order valence-corrected chi connectivity index (χ3v) is 3.61. The topological polar surface area (TPSA) is 38.5 Å². The highest BCUT2D eigenvalue weighted by Gasteiger charge is 2.33. The van der Waals surface area contributed by atoms with Gasteiger partial charge in [-0.1, -0.05) is 18.5 Å². The smallest absolute Gasteiger partial charge is 0.128 e. The molecule has 1 aromatic carbocycles. The maximum atomic E-state index is 14.0. The molecule has 1 fully saturated rings. The molecule has 2 rings (SSSR count). The van der Waals surface area contributed by atoms with E-state index in [2.05, 4.69) is 4.90 Å². The maximum Gasteiger partial charge on any atom is 0.128 e. The van der Waals surface area contributed by atoms with Crippen LogP contribution in [0.2, 0.25) is 5.02 Å². The Labute approximate surface area is 112 Å². The summed E-state index contributed by atoms with van der Waals surface area (Å²) in [6, 6.07) is 4.46. The van der Waals surface area contributed by atoms with Crippen molar-refractivity contribution in [3.63, 3.8) is 0 Å². The summed E-state index contributed by atoms with van der Waals surface area (Å²) in [5.74, 6) is -0.258. The molecule has 18 heavy (non-hydrogen) atoms. The van der Waals surface area contributed by atoms with E-state index in [0.717, 1.165) is 13.1 Å². The van der Waals surface area contributed by atoms with E-state index in [1.165, 1.54) is 6.07 Å². The predicted octanol–water partition coefficient (Wildman–Crippen LogP) is 2.20. The number of likely N-dealkylation sites (N-methyl/N-ethyl adjacent to an activating group) is 1. The fourth-order valence-electron chi connectivity index (χ4n) is 2.48. The minimum Gasteiger partial charge on any atom is -0.374 e. The second kappa shape index (κ2) is 5.97. The lowest BCUT2D eigenvalue weighted by atomic mass is 9.97. The number of hydrogen-bond acceptors (Lipinski definition) is 3. The van der Waals surface area contributed by atoms with E-state index in [1.807, 2.05) is 6.92 Å². The van der Waals surface area contributed by atoms with Crippen LogP contribution in [-0.2, 0) is 4.74 Å². The van der Waals surface area contributed by atoms with Crippen molar-refractivity contribution in [2.45, 2.75) is 19.1 Å². The molecule has 1 saturated heterocycles. The Morgan fingerprint density at radius 3 is 3.00 bits per heavy atom. The molecule has 0 bridgehead atoms. The average molecular weight is 273 g/mol. The second-order valence-electron chi connectivity index (χ2n) is 4.38. The van der Waals surface area contributed by atoms with Gasteiger partial charge in [0, 0.05) is 23.7 Å². The summed E-state index contributed by atoms with van der Waals surface area (Å²) in [7, 11) is 0. The van der Waals surface area contributed by atoms with Crippen LogP contribution in [0.5, 0.6) is 0 Å². The first-order valence-electron chi connectivity index (χ1n) is 6.18. The summed E-state index contributed by atoms with van der Waals surface area (Å²) in [6.07, 6.45) is -0.188. The van der Waals surface area contributed by atoms with Crippen LogP contribution in [-0.4, -0.2) is 37.2 Å². The number of ether oxygens (including phenoxy) is 1. The zero-order valence-corrected chi connectivity index (χ0v) is 11.2. The van der Waals surface area contributed by atoms with Gasteiger partial charge >= 0.3 is 0 Å². The Hall–Kier alpha value is -0.680. The molecule has 0 aromatic heterocycles. The first-order valence-corrected chi connectivity index (χ1v) is 6.55. The van der Waals surface area contributed by atoms with Crippen LogP contribution in [0.25, 0.3) is 0 Å². The van der Waals surface area contributed by atoms with E-state index in [-0.39, 0.29) is 18.0 Å². The molecule has 1 aromatic rings. The van der Waals surface area contributed by atoms with Crippen molar-refractivity contribution in [3.8, 4) is 0 Å². The number of nitrogens with two attached hydrogens (primary N) is 1. The van der Waals surface area contributed by atoms with Gasteiger partial charge in [0.2, 0.25) is 0 Å². The van der Waals surface area contributed by atoms with E-state index < -0.39 is 0 Å². The predicted molar refractivity (Wildman–Crippen MR) is 70.2 cm³/mol. The lowest BCUT2D eigenvalue weighted by molar-refractivity contribution is -0.0668. The lowest BCUT2D eigenvalue weighted by Gasteiger charge is -2.40. The number of nitrogens with zero attached hydrogens (tertiary/aromatic N) is 1. The van der Waals surface area contributed by atoms with Crippen LogP contribution < -0.4 is 5.73 Å². The Bertz CT molecular complexity index is 404. The van der Waals surface area contributed by atoms with Crippen LogP contribution >= 0.6 is 11.6 Å². The highest BCUT2D eigenvalue weighted by molar-refractivity contribution is 6.30. The number of benzene rings is 1. The molecular formula is C13H18ClFN2O. The second-order valence-corrected chi connectivity index (χ2v) is 4.82. The minimum atomic E-state index is -0.258. The Balaban J connectivity index is 2.38. The Kier molecular flexibility index (Phi) is 4.56. The normalized spacial score (nSPS) is 25.3. The van der Waals surface area contributed by atoms with Gasteiger partial charge in [-0.3, -0.25) is 4.90 Å². The molecule has 3 nitrogen and oxygen atoms in total. The monoisotopic (exact) mass is 272 g/mol. The molecule has 0 amide bonds. The van der Waals surface area contributed by atoms with Crippen LogP contribution in [0.3, 0.4) is 0 Å². The molecule has 2 atom stereocenters. The van der Waals surface area contributed by atoms with Gasteiger partial charge in [0.25, 0.3) is 0 Å². The van der Waals surface area contributed by atoms with Crippen LogP contribution in [0, 0.1) is 5.82 Å². The maximum absolute atomic E-state index is 14.0. The molecule has 0 saturated carbocycles. The van der Waals surface area contributed by atoms with Gasteiger partial charge < -0.3 is 10.5 Å². The molecule has 100 valence electrons. The molecule has 2 N–H and O–H groups in total. The van der Waals surface area contributed by atoms with E-state index in [1.54, 1.807) is 12.1 Å². The lowest BCUT2D eigenvalue weighted by Crippen LogP contribution is -2.48. The van der Waals surface area contributed by atoms with E-state index in [4.69, 9.17) is 22.1 Å². The zero-order valence-electron chi connectivity index (χ0n) is 10.4. The van der Waals surface area contributed by atoms with Crippen molar-refractivity contribution in [1.29, 1.82) is 0 Å². The number of halogens is 2. The van der Waals surface area contributed by atoms with Gasteiger partial charge in [-0.2, -0.15) is 0 Å². The molecule has 1 aliphatic heterocycles. The highest BCUT2D eigenvalue weighted by atomic mass is 35.5. The van der Waals surface area contributed by atoms with Gasteiger partial charge in [0.15, 0.2) is 0 Å². The first-order chi connectivity index (χ1) is 8.67. The fraction of sp³-hybridized carbons (Fsp3) is 0.538. The summed E-state index contributed by atoms with van der Waals surface area (Å²) >= 11 is 5.96. The summed E-state index contributed by atoms with van der Waals surface area (Å²) in [4.78, 5) is 2.18. The van der Waals surface area contributed by atoms with Gasteiger partial charge in [-0.05, 0) is 24.7 Å². The van der Waals surface area contributed by atoms with Gasteiger partial charge in [-0.15, -0.1) is 0 Å². The van der Waals surface area contributed by atoms with Crippen LogP contribution in [0.15, 0.2) is 18.2 Å². The van der Waals surface area contributed by atoms with E-state index in [9.17, 15) is 4.39 Å². The SMILES string of the molecule is CCN1CCOC(CN)C1c1cc(Cl)ccc1F. The van der Waals surface area contributed by atoms with Crippen LogP contribution in [0.4, 0.5) is 4.39 Å². The minimum absolute atomic E-state index is 0.160. The fourth-order valence-corrected chi connectivity index (χ4v) is 2.66. The molecular weight excluding hydrogens is 255 g/mol. The van der Waals surface area contributed by atoms with Crippen molar-refractivity contribution in [1.82, 2.24) is 4.90 Å². The number of hydrogen-bond donors (Lipinski definition) is 1. The van der Waals surface area contributed by atoms with Crippen molar-refractivity contribution in [2.24, 2.45) is 5.73 Å². The summed E-state index contributed by atoms with van der Waals surface area (Å²) in [6.45, 7) is 4.66. The molecule has 2 unspecified atom stereocenters. The Morgan fingerprint density at radius 1 is 1.56 bits per heavy atom. The average Bonchev–Trinajstić information content (AvgIpc) is 2.40. The highest BCUT2D eigenvalue weighted by Crippen LogP contribution is 2.32. The molecule has 1 aliphatic rings. The number of rotatable bonds is 3. The first kappa shape index (κ1) is 13.7. The van der Waals surface area contributed by atoms with Crippen molar-refractivity contribution >= 4 is 11.6 Å². The van der Waals surface area contributed by atoms with Gasteiger partial charge in [-0.25, -0.2) is 4.39 Å². The number of morpholine rings is 1. The quantitative estimate of drug-likeness (QED) is 0.917. The molecule has 1 heterocycles. The van der Waals surface area contributed by atoms with Crippen molar-refractivity contribution in [2.75, 3.05) is 26.2 Å². The molecule has 0 spiro atoms. The molecule has 0 radical (unpaired) electrons.